The molecule has 3 N–H and O–H groups in total. The standard InChI is InChI=1S/C23H18N4O2/c24-20-7-1-2-8-22(20)26-23(28)17-5-3-6-19(15-17)29-18-12-10-16(11-13-18)21-9-4-14-25-27-21/h1-15H,24H2,(H,26,28). The maximum absolute atomic E-state index is 12.5. The van der Waals surface area contributed by atoms with Gasteiger partial charge in [-0.1, -0.05) is 18.2 Å². The summed E-state index contributed by atoms with van der Waals surface area (Å²) in [6.07, 6.45) is 1.64. The summed E-state index contributed by atoms with van der Waals surface area (Å²) in [6.45, 7) is 0. The Balaban J connectivity index is 1.47. The third-order valence-electron chi connectivity index (χ3n) is 4.26. The Labute approximate surface area is 168 Å². The molecule has 6 nitrogen and oxygen atoms in total. The van der Waals surface area contributed by atoms with Crippen molar-refractivity contribution in [3.8, 4) is 22.8 Å². The third kappa shape index (κ3) is 4.39. The summed E-state index contributed by atoms with van der Waals surface area (Å²) in [7, 11) is 0. The molecular formula is C23H18N4O2. The summed E-state index contributed by atoms with van der Waals surface area (Å²) in [5.41, 5.74) is 9.18. The molecule has 4 aromatic rings. The molecule has 3 aromatic carbocycles. The molecule has 142 valence electrons. The fourth-order valence-corrected chi connectivity index (χ4v) is 2.79. The number of nitrogens with two attached hydrogens (primary N) is 1. The van der Waals surface area contributed by atoms with Crippen LogP contribution in [0, 0.1) is 0 Å². The van der Waals surface area contributed by atoms with Gasteiger partial charge < -0.3 is 15.8 Å². The van der Waals surface area contributed by atoms with Gasteiger partial charge in [0.1, 0.15) is 11.5 Å². The van der Waals surface area contributed by atoms with E-state index < -0.39 is 0 Å². The van der Waals surface area contributed by atoms with Crippen LogP contribution in [0.5, 0.6) is 11.5 Å². The lowest BCUT2D eigenvalue weighted by Gasteiger charge is -2.10. The molecule has 0 saturated carbocycles. The van der Waals surface area contributed by atoms with E-state index in [1.54, 1.807) is 42.6 Å². The second kappa shape index (κ2) is 8.22. The number of benzene rings is 3. The van der Waals surface area contributed by atoms with Crippen LogP contribution in [-0.4, -0.2) is 16.1 Å². The number of carbonyl (C=O) groups is 1. The zero-order valence-corrected chi connectivity index (χ0v) is 15.4. The molecule has 0 radical (unpaired) electrons. The van der Waals surface area contributed by atoms with Crippen molar-refractivity contribution in [3.63, 3.8) is 0 Å². The molecule has 1 amide bonds. The molecule has 1 heterocycles. The smallest absolute Gasteiger partial charge is 0.255 e. The van der Waals surface area contributed by atoms with E-state index in [0.29, 0.717) is 28.4 Å². The Morgan fingerprint density at radius 1 is 0.862 bits per heavy atom. The predicted octanol–water partition coefficient (Wildman–Crippen LogP) is 4.77. The Morgan fingerprint density at radius 3 is 2.45 bits per heavy atom. The highest BCUT2D eigenvalue weighted by atomic mass is 16.5. The van der Waals surface area contributed by atoms with Gasteiger partial charge in [-0.05, 0) is 66.7 Å². The topological polar surface area (TPSA) is 90.1 Å². The van der Waals surface area contributed by atoms with Gasteiger partial charge in [0.25, 0.3) is 5.91 Å². The van der Waals surface area contributed by atoms with E-state index in [9.17, 15) is 4.79 Å². The Morgan fingerprint density at radius 2 is 1.69 bits per heavy atom. The van der Waals surface area contributed by atoms with Crippen molar-refractivity contribution in [2.75, 3.05) is 11.1 Å². The molecule has 0 saturated heterocycles. The lowest BCUT2D eigenvalue weighted by Crippen LogP contribution is -2.13. The minimum Gasteiger partial charge on any atom is -0.457 e. The first-order chi connectivity index (χ1) is 14.2. The van der Waals surface area contributed by atoms with E-state index in [1.165, 1.54) is 0 Å². The SMILES string of the molecule is Nc1ccccc1NC(=O)c1cccc(Oc2ccc(-c3cccnn3)cc2)c1. The van der Waals surface area contributed by atoms with Crippen molar-refractivity contribution in [2.45, 2.75) is 0 Å². The normalized spacial score (nSPS) is 10.3. The summed E-state index contributed by atoms with van der Waals surface area (Å²) in [5, 5.41) is 10.8. The minimum absolute atomic E-state index is 0.258. The van der Waals surface area contributed by atoms with Crippen molar-refractivity contribution >= 4 is 17.3 Å². The number of nitrogens with zero attached hydrogens (tertiary/aromatic N) is 2. The highest BCUT2D eigenvalue weighted by Gasteiger charge is 2.09. The molecule has 1 aromatic heterocycles. The number of hydrogen-bond acceptors (Lipinski definition) is 5. The zero-order chi connectivity index (χ0) is 20.1. The maximum Gasteiger partial charge on any atom is 0.255 e. The van der Waals surface area contributed by atoms with Crippen LogP contribution >= 0.6 is 0 Å². The largest absolute Gasteiger partial charge is 0.457 e. The number of para-hydroxylation sites is 2. The second-order valence-corrected chi connectivity index (χ2v) is 6.30. The number of hydrogen-bond donors (Lipinski definition) is 2. The van der Waals surface area contributed by atoms with Gasteiger partial charge in [-0.3, -0.25) is 4.79 Å². The minimum atomic E-state index is -0.258. The lowest BCUT2D eigenvalue weighted by molar-refractivity contribution is 0.102. The van der Waals surface area contributed by atoms with Gasteiger partial charge in [0, 0.05) is 17.3 Å². The lowest BCUT2D eigenvalue weighted by atomic mass is 10.1. The van der Waals surface area contributed by atoms with Crippen LogP contribution in [-0.2, 0) is 0 Å². The number of amides is 1. The van der Waals surface area contributed by atoms with Gasteiger partial charge in [-0.15, -0.1) is 0 Å². The number of carbonyl (C=O) groups excluding carboxylic acids is 1. The molecule has 0 bridgehead atoms. The van der Waals surface area contributed by atoms with Crippen molar-refractivity contribution in [1.29, 1.82) is 0 Å². The Kier molecular flexibility index (Phi) is 5.16. The predicted molar refractivity (Wildman–Crippen MR) is 113 cm³/mol. The Bertz CT molecular complexity index is 1130. The molecule has 0 aliphatic carbocycles. The van der Waals surface area contributed by atoms with Crippen molar-refractivity contribution in [1.82, 2.24) is 10.2 Å². The first kappa shape index (κ1) is 18.2. The van der Waals surface area contributed by atoms with Gasteiger partial charge in [-0.2, -0.15) is 10.2 Å². The fourth-order valence-electron chi connectivity index (χ4n) is 2.79. The van der Waals surface area contributed by atoms with Crippen LogP contribution in [0.25, 0.3) is 11.3 Å². The fraction of sp³-hybridized carbons (Fsp3) is 0. The molecule has 4 rings (SSSR count). The molecule has 0 spiro atoms. The summed E-state index contributed by atoms with van der Waals surface area (Å²) in [5.74, 6) is 0.958. The molecule has 6 heteroatoms. The van der Waals surface area contributed by atoms with Crippen molar-refractivity contribution in [3.05, 3.63) is 96.7 Å². The second-order valence-electron chi connectivity index (χ2n) is 6.30. The van der Waals surface area contributed by atoms with E-state index >= 15 is 0 Å². The monoisotopic (exact) mass is 382 g/mol. The van der Waals surface area contributed by atoms with E-state index in [-0.39, 0.29) is 5.91 Å². The van der Waals surface area contributed by atoms with Crippen LogP contribution in [0.15, 0.2) is 91.1 Å². The zero-order valence-electron chi connectivity index (χ0n) is 15.4. The number of anilines is 2. The molecule has 29 heavy (non-hydrogen) atoms. The number of nitrogen functional groups attached to an aromatic ring is 1. The van der Waals surface area contributed by atoms with E-state index in [0.717, 1.165) is 11.3 Å². The average molecular weight is 382 g/mol. The number of nitrogens with one attached hydrogen (secondary N) is 1. The molecule has 0 fully saturated rings. The molecule has 0 atom stereocenters. The summed E-state index contributed by atoms with van der Waals surface area (Å²) < 4.78 is 5.89. The Hall–Kier alpha value is -4.19. The quantitative estimate of drug-likeness (QED) is 0.485. The highest BCUT2D eigenvalue weighted by molar-refractivity contribution is 6.05. The van der Waals surface area contributed by atoms with Gasteiger partial charge in [0.2, 0.25) is 0 Å². The van der Waals surface area contributed by atoms with Gasteiger partial charge in [-0.25, -0.2) is 0 Å². The first-order valence-corrected chi connectivity index (χ1v) is 9.01. The summed E-state index contributed by atoms with van der Waals surface area (Å²) in [6, 6.07) is 25.3. The van der Waals surface area contributed by atoms with Crippen LogP contribution < -0.4 is 15.8 Å². The van der Waals surface area contributed by atoms with Gasteiger partial charge in [0.05, 0.1) is 17.1 Å². The van der Waals surface area contributed by atoms with Crippen molar-refractivity contribution < 1.29 is 9.53 Å². The van der Waals surface area contributed by atoms with Gasteiger partial charge >= 0.3 is 0 Å². The van der Waals surface area contributed by atoms with E-state index in [4.69, 9.17) is 10.5 Å². The molecular weight excluding hydrogens is 364 g/mol. The van der Waals surface area contributed by atoms with Crippen LogP contribution in [0.3, 0.4) is 0 Å². The van der Waals surface area contributed by atoms with Crippen LogP contribution in [0.4, 0.5) is 11.4 Å². The number of ether oxygens (including phenoxy) is 1. The van der Waals surface area contributed by atoms with E-state index in [2.05, 4.69) is 15.5 Å². The molecule has 0 unspecified atom stereocenters. The molecule has 0 aliphatic rings. The third-order valence-corrected chi connectivity index (χ3v) is 4.26. The van der Waals surface area contributed by atoms with E-state index in [1.807, 2.05) is 48.5 Å². The number of rotatable bonds is 5. The van der Waals surface area contributed by atoms with Crippen LogP contribution in [0.2, 0.25) is 0 Å². The molecule has 0 aliphatic heterocycles. The van der Waals surface area contributed by atoms with Gasteiger partial charge in [0.15, 0.2) is 0 Å². The average Bonchev–Trinajstić information content (AvgIpc) is 2.77. The summed E-state index contributed by atoms with van der Waals surface area (Å²) >= 11 is 0. The number of aromatic nitrogens is 2. The van der Waals surface area contributed by atoms with Crippen LogP contribution in [0.1, 0.15) is 10.4 Å². The first-order valence-electron chi connectivity index (χ1n) is 9.01. The highest BCUT2D eigenvalue weighted by Crippen LogP contribution is 2.26. The maximum atomic E-state index is 12.5. The summed E-state index contributed by atoms with van der Waals surface area (Å²) in [4.78, 5) is 12.5. The van der Waals surface area contributed by atoms with Crippen molar-refractivity contribution in [2.24, 2.45) is 0 Å².